The number of hydrogen-bond acceptors (Lipinski definition) is 3. The van der Waals surface area contributed by atoms with Gasteiger partial charge in [-0.3, -0.25) is 4.79 Å². The van der Waals surface area contributed by atoms with Crippen LogP contribution in [0.3, 0.4) is 0 Å². The number of carbonyl (C=O) groups excluding carboxylic acids is 1. The Morgan fingerprint density at radius 3 is 2.87 bits per heavy atom. The Morgan fingerprint density at radius 1 is 1.22 bits per heavy atom. The standard InChI is InChI=1S/C19H22N2O2/c1-13(20-12-16-5-3-4-6-18(16)23-2)14-7-9-17-15(11-14)8-10-19(22)21-17/h3-7,9,11,13,20H,8,10,12H2,1-2H3,(H,21,22)/t13-/m1/s1. The summed E-state index contributed by atoms with van der Waals surface area (Å²) < 4.78 is 5.39. The molecular weight excluding hydrogens is 288 g/mol. The summed E-state index contributed by atoms with van der Waals surface area (Å²) in [5.74, 6) is 1.01. The molecule has 2 N–H and O–H groups in total. The number of fused-ring (bicyclic) bond motifs is 1. The van der Waals surface area contributed by atoms with Crippen molar-refractivity contribution in [3.63, 3.8) is 0 Å². The minimum Gasteiger partial charge on any atom is -0.496 e. The molecule has 0 spiro atoms. The Kier molecular flexibility index (Phi) is 4.63. The number of anilines is 1. The van der Waals surface area contributed by atoms with Crippen LogP contribution in [0.25, 0.3) is 0 Å². The number of ether oxygens (including phenoxy) is 1. The van der Waals surface area contributed by atoms with Crippen molar-refractivity contribution >= 4 is 11.6 Å². The normalized spacial score (nSPS) is 14.8. The molecule has 1 atom stereocenters. The molecule has 1 heterocycles. The molecule has 4 heteroatoms. The van der Waals surface area contributed by atoms with E-state index < -0.39 is 0 Å². The van der Waals surface area contributed by atoms with Crippen LogP contribution in [0.2, 0.25) is 0 Å². The van der Waals surface area contributed by atoms with E-state index >= 15 is 0 Å². The predicted molar refractivity (Wildman–Crippen MR) is 91.6 cm³/mol. The predicted octanol–water partition coefficient (Wildman–Crippen LogP) is 3.43. The van der Waals surface area contributed by atoms with Crippen LogP contribution in [-0.2, 0) is 17.8 Å². The summed E-state index contributed by atoms with van der Waals surface area (Å²) in [6, 6.07) is 14.5. The fraction of sp³-hybridized carbons (Fsp3) is 0.316. The Morgan fingerprint density at radius 2 is 2.04 bits per heavy atom. The van der Waals surface area contributed by atoms with Gasteiger partial charge in [0.05, 0.1) is 7.11 Å². The second kappa shape index (κ2) is 6.84. The van der Waals surface area contributed by atoms with Crippen LogP contribution in [-0.4, -0.2) is 13.0 Å². The molecule has 1 aliphatic heterocycles. The zero-order chi connectivity index (χ0) is 16.2. The summed E-state index contributed by atoms with van der Waals surface area (Å²) in [6.07, 6.45) is 1.38. The number of hydrogen-bond donors (Lipinski definition) is 2. The first kappa shape index (κ1) is 15.6. The third-order valence-corrected chi connectivity index (χ3v) is 4.32. The topological polar surface area (TPSA) is 50.4 Å². The molecule has 0 unspecified atom stereocenters. The quantitative estimate of drug-likeness (QED) is 0.889. The summed E-state index contributed by atoms with van der Waals surface area (Å²) in [7, 11) is 1.69. The molecule has 0 saturated heterocycles. The van der Waals surface area contributed by atoms with Crippen molar-refractivity contribution in [1.82, 2.24) is 5.32 Å². The number of aryl methyl sites for hydroxylation is 1. The SMILES string of the molecule is COc1ccccc1CN[C@H](C)c1ccc2c(c1)CCC(=O)N2. The summed E-state index contributed by atoms with van der Waals surface area (Å²) in [5, 5.41) is 6.46. The second-order valence-electron chi connectivity index (χ2n) is 5.88. The van der Waals surface area contributed by atoms with Gasteiger partial charge >= 0.3 is 0 Å². The van der Waals surface area contributed by atoms with E-state index in [1.54, 1.807) is 7.11 Å². The molecule has 4 nitrogen and oxygen atoms in total. The molecule has 0 saturated carbocycles. The summed E-state index contributed by atoms with van der Waals surface area (Å²) in [5.41, 5.74) is 4.54. The average molecular weight is 310 g/mol. The van der Waals surface area contributed by atoms with Gasteiger partial charge in [0.15, 0.2) is 0 Å². The smallest absolute Gasteiger partial charge is 0.224 e. The van der Waals surface area contributed by atoms with Gasteiger partial charge in [0.2, 0.25) is 5.91 Å². The highest BCUT2D eigenvalue weighted by Gasteiger charge is 2.16. The highest BCUT2D eigenvalue weighted by atomic mass is 16.5. The number of para-hydroxylation sites is 1. The van der Waals surface area contributed by atoms with Crippen LogP contribution >= 0.6 is 0 Å². The van der Waals surface area contributed by atoms with E-state index in [2.05, 4.69) is 35.8 Å². The fourth-order valence-electron chi connectivity index (χ4n) is 2.90. The fourth-order valence-corrected chi connectivity index (χ4v) is 2.90. The van der Waals surface area contributed by atoms with Crippen LogP contribution in [0.15, 0.2) is 42.5 Å². The van der Waals surface area contributed by atoms with Crippen molar-refractivity contribution in [2.75, 3.05) is 12.4 Å². The van der Waals surface area contributed by atoms with Crippen LogP contribution in [0.4, 0.5) is 5.69 Å². The Hall–Kier alpha value is -2.33. The number of rotatable bonds is 5. The largest absolute Gasteiger partial charge is 0.496 e. The van der Waals surface area contributed by atoms with Gasteiger partial charge in [-0.2, -0.15) is 0 Å². The molecule has 1 aliphatic rings. The Labute approximate surface area is 136 Å². The number of amides is 1. The number of benzene rings is 2. The average Bonchev–Trinajstić information content (AvgIpc) is 2.59. The monoisotopic (exact) mass is 310 g/mol. The molecular formula is C19H22N2O2. The number of methoxy groups -OCH3 is 1. The van der Waals surface area contributed by atoms with E-state index in [0.29, 0.717) is 6.42 Å². The lowest BCUT2D eigenvalue weighted by Gasteiger charge is -2.21. The zero-order valence-electron chi connectivity index (χ0n) is 13.6. The molecule has 3 rings (SSSR count). The van der Waals surface area contributed by atoms with E-state index in [4.69, 9.17) is 4.74 Å². The molecule has 0 aromatic heterocycles. The Balaban J connectivity index is 1.69. The summed E-state index contributed by atoms with van der Waals surface area (Å²) in [4.78, 5) is 11.4. The summed E-state index contributed by atoms with van der Waals surface area (Å²) >= 11 is 0. The third kappa shape index (κ3) is 3.54. The lowest BCUT2D eigenvalue weighted by atomic mass is 9.97. The summed E-state index contributed by atoms with van der Waals surface area (Å²) in [6.45, 7) is 2.90. The molecule has 0 radical (unpaired) electrons. The van der Waals surface area contributed by atoms with Crippen LogP contribution in [0, 0.1) is 0 Å². The molecule has 2 aromatic rings. The maximum absolute atomic E-state index is 11.4. The van der Waals surface area contributed by atoms with Gasteiger partial charge in [0.1, 0.15) is 5.75 Å². The highest BCUT2D eigenvalue weighted by molar-refractivity contribution is 5.93. The van der Waals surface area contributed by atoms with Crippen LogP contribution < -0.4 is 15.4 Å². The van der Waals surface area contributed by atoms with E-state index in [1.807, 2.05) is 24.3 Å². The maximum Gasteiger partial charge on any atom is 0.224 e. The van der Waals surface area contributed by atoms with E-state index in [0.717, 1.165) is 30.0 Å². The molecule has 23 heavy (non-hydrogen) atoms. The molecule has 0 fully saturated rings. The van der Waals surface area contributed by atoms with E-state index in [9.17, 15) is 4.79 Å². The molecule has 2 aromatic carbocycles. The van der Waals surface area contributed by atoms with E-state index in [1.165, 1.54) is 11.1 Å². The lowest BCUT2D eigenvalue weighted by molar-refractivity contribution is -0.116. The van der Waals surface area contributed by atoms with Crippen molar-refractivity contribution in [2.45, 2.75) is 32.4 Å². The maximum atomic E-state index is 11.4. The molecule has 0 aliphatic carbocycles. The number of carbonyl (C=O) groups is 1. The van der Waals surface area contributed by atoms with Gasteiger partial charge < -0.3 is 15.4 Å². The van der Waals surface area contributed by atoms with Crippen molar-refractivity contribution in [3.8, 4) is 5.75 Å². The van der Waals surface area contributed by atoms with Gasteiger partial charge in [-0.15, -0.1) is 0 Å². The van der Waals surface area contributed by atoms with Gasteiger partial charge in [-0.05, 0) is 36.6 Å². The number of nitrogens with one attached hydrogen (secondary N) is 2. The molecule has 120 valence electrons. The van der Waals surface area contributed by atoms with Gasteiger partial charge in [0, 0.05) is 30.3 Å². The highest BCUT2D eigenvalue weighted by Crippen LogP contribution is 2.26. The van der Waals surface area contributed by atoms with Crippen molar-refractivity contribution < 1.29 is 9.53 Å². The van der Waals surface area contributed by atoms with Gasteiger partial charge in [0.25, 0.3) is 0 Å². The van der Waals surface area contributed by atoms with Crippen molar-refractivity contribution in [2.24, 2.45) is 0 Å². The molecule has 1 amide bonds. The minimum absolute atomic E-state index is 0.104. The van der Waals surface area contributed by atoms with Crippen LogP contribution in [0.5, 0.6) is 5.75 Å². The van der Waals surface area contributed by atoms with Crippen molar-refractivity contribution in [1.29, 1.82) is 0 Å². The minimum atomic E-state index is 0.104. The lowest BCUT2D eigenvalue weighted by Crippen LogP contribution is -2.21. The van der Waals surface area contributed by atoms with E-state index in [-0.39, 0.29) is 11.9 Å². The van der Waals surface area contributed by atoms with Gasteiger partial charge in [-0.1, -0.05) is 30.3 Å². The first-order valence-electron chi connectivity index (χ1n) is 7.95. The first-order chi connectivity index (χ1) is 11.2. The Bertz CT molecular complexity index is 712. The van der Waals surface area contributed by atoms with Crippen LogP contribution in [0.1, 0.15) is 36.1 Å². The second-order valence-corrected chi connectivity index (χ2v) is 5.88. The van der Waals surface area contributed by atoms with Gasteiger partial charge in [-0.25, -0.2) is 0 Å². The molecule has 0 bridgehead atoms. The first-order valence-corrected chi connectivity index (χ1v) is 7.95. The zero-order valence-corrected chi connectivity index (χ0v) is 13.6. The third-order valence-electron chi connectivity index (χ3n) is 4.32. The van der Waals surface area contributed by atoms with Crippen molar-refractivity contribution in [3.05, 3.63) is 59.2 Å².